The lowest BCUT2D eigenvalue weighted by atomic mass is 10.1. The number of furan rings is 1. The molecule has 0 saturated heterocycles. The minimum atomic E-state index is 0.162. The van der Waals surface area contributed by atoms with Gasteiger partial charge in [-0.1, -0.05) is 36.4 Å². The minimum absolute atomic E-state index is 0.162. The van der Waals surface area contributed by atoms with E-state index >= 15 is 0 Å². The lowest BCUT2D eigenvalue weighted by molar-refractivity contribution is 0.0942. The standard InChI is InChI=1S/C16H12O2/c17-15(11-6-7-11)14-9-12-8-5-10-3-1-2-4-13(10)16(12)18-14/h1-5,8-9,11H,6-7H2. The normalized spacial score (nSPS) is 15.3. The number of carbonyl (C=O) groups is 1. The Kier molecular flexibility index (Phi) is 1.90. The van der Waals surface area contributed by atoms with Crippen LogP contribution in [-0.2, 0) is 0 Å². The molecule has 0 amide bonds. The van der Waals surface area contributed by atoms with Crippen LogP contribution in [0.5, 0.6) is 0 Å². The molecule has 0 bridgehead atoms. The molecule has 18 heavy (non-hydrogen) atoms. The largest absolute Gasteiger partial charge is 0.452 e. The summed E-state index contributed by atoms with van der Waals surface area (Å²) in [6.07, 6.45) is 2.02. The van der Waals surface area contributed by atoms with Gasteiger partial charge in [-0.3, -0.25) is 4.79 Å². The molecule has 1 aliphatic carbocycles. The molecule has 3 aromatic rings. The summed E-state index contributed by atoms with van der Waals surface area (Å²) in [5.41, 5.74) is 0.831. The molecule has 1 saturated carbocycles. The molecule has 2 nitrogen and oxygen atoms in total. The average Bonchev–Trinajstić information content (AvgIpc) is 3.16. The summed E-state index contributed by atoms with van der Waals surface area (Å²) in [6, 6.07) is 14.1. The molecule has 88 valence electrons. The number of ketones is 1. The second-order valence-corrected chi connectivity index (χ2v) is 4.95. The molecule has 1 fully saturated rings. The van der Waals surface area contributed by atoms with Crippen molar-refractivity contribution >= 4 is 27.5 Å². The molecule has 1 aromatic heterocycles. The predicted molar refractivity (Wildman–Crippen MR) is 70.8 cm³/mol. The van der Waals surface area contributed by atoms with Gasteiger partial charge in [0.25, 0.3) is 0 Å². The van der Waals surface area contributed by atoms with Crippen molar-refractivity contribution in [2.24, 2.45) is 5.92 Å². The highest BCUT2D eigenvalue weighted by Crippen LogP contribution is 2.35. The van der Waals surface area contributed by atoms with E-state index in [1.54, 1.807) is 0 Å². The molecule has 0 aliphatic heterocycles. The van der Waals surface area contributed by atoms with E-state index in [1.165, 1.54) is 0 Å². The summed E-state index contributed by atoms with van der Waals surface area (Å²) in [6.45, 7) is 0. The smallest absolute Gasteiger partial charge is 0.201 e. The van der Waals surface area contributed by atoms with Crippen LogP contribution < -0.4 is 0 Å². The Hall–Kier alpha value is -2.09. The number of carbonyl (C=O) groups excluding carboxylic acids is 1. The molecule has 4 rings (SSSR count). The van der Waals surface area contributed by atoms with E-state index in [0.717, 1.165) is 34.6 Å². The minimum Gasteiger partial charge on any atom is -0.452 e. The van der Waals surface area contributed by atoms with Crippen LogP contribution in [0.2, 0.25) is 0 Å². The third-order valence-corrected chi connectivity index (χ3v) is 3.60. The first-order chi connectivity index (χ1) is 8.83. The van der Waals surface area contributed by atoms with Gasteiger partial charge in [-0.15, -0.1) is 0 Å². The van der Waals surface area contributed by atoms with Crippen molar-refractivity contribution in [1.82, 2.24) is 0 Å². The van der Waals surface area contributed by atoms with Crippen LogP contribution in [0.3, 0.4) is 0 Å². The van der Waals surface area contributed by atoms with Crippen LogP contribution in [0, 0.1) is 5.92 Å². The maximum atomic E-state index is 12.0. The zero-order chi connectivity index (χ0) is 12.1. The molecule has 1 heterocycles. The molecule has 0 N–H and O–H groups in total. The van der Waals surface area contributed by atoms with Gasteiger partial charge in [0.05, 0.1) is 0 Å². The molecule has 1 aliphatic rings. The highest BCUT2D eigenvalue weighted by molar-refractivity contribution is 6.08. The number of hydrogen-bond acceptors (Lipinski definition) is 2. The summed E-state index contributed by atoms with van der Waals surface area (Å²) in [5, 5.41) is 3.23. The van der Waals surface area contributed by atoms with E-state index in [0.29, 0.717) is 5.76 Å². The van der Waals surface area contributed by atoms with Gasteiger partial charge in [0, 0.05) is 16.7 Å². The zero-order valence-corrected chi connectivity index (χ0v) is 9.85. The van der Waals surface area contributed by atoms with Gasteiger partial charge in [-0.05, 0) is 24.3 Å². The van der Waals surface area contributed by atoms with Crippen molar-refractivity contribution in [2.45, 2.75) is 12.8 Å². The van der Waals surface area contributed by atoms with Gasteiger partial charge in [0.15, 0.2) is 5.76 Å². The molecular formula is C16H12O2. The van der Waals surface area contributed by atoms with E-state index in [9.17, 15) is 4.79 Å². The molecule has 0 spiro atoms. The van der Waals surface area contributed by atoms with Crippen LogP contribution in [0.15, 0.2) is 46.9 Å². The summed E-state index contributed by atoms with van der Waals surface area (Å²) >= 11 is 0. The van der Waals surface area contributed by atoms with E-state index in [-0.39, 0.29) is 11.7 Å². The molecular weight excluding hydrogens is 224 g/mol. The van der Waals surface area contributed by atoms with Gasteiger partial charge in [0.1, 0.15) is 5.58 Å². The Labute approximate surface area is 104 Å². The highest BCUT2D eigenvalue weighted by Gasteiger charge is 2.32. The number of hydrogen-bond donors (Lipinski definition) is 0. The van der Waals surface area contributed by atoms with Crippen LogP contribution in [0.25, 0.3) is 21.7 Å². The summed E-state index contributed by atoms with van der Waals surface area (Å²) in [4.78, 5) is 12.0. The predicted octanol–water partition coefficient (Wildman–Crippen LogP) is 4.18. The van der Waals surface area contributed by atoms with Crippen molar-refractivity contribution in [1.29, 1.82) is 0 Å². The fourth-order valence-electron chi connectivity index (χ4n) is 2.44. The fourth-order valence-corrected chi connectivity index (χ4v) is 2.44. The van der Waals surface area contributed by atoms with Crippen molar-refractivity contribution in [3.63, 3.8) is 0 Å². The number of benzene rings is 2. The Morgan fingerprint density at radius 2 is 1.83 bits per heavy atom. The second kappa shape index (κ2) is 3.45. The molecule has 2 heteroatoms. The Balaban J connectivity index is 1.98. The van der Waals surface area contributed by atoms with Crippen molar-refractivity contribution in [2.75, 3.05) is 0 Å². The van der Waals surface area contributed by atoms with Crippen molar-refractivity contribution in [3.8, 4) is 0 Å². The molecule has 0 unspecified atom stereocenters. The number of rotatable bonds is 2. The van der Waals surface area contributed by atoms with Crippen molar-refractivity contribution < 1.29 is 9.21 Å². The maximum absolute atomic E-state index is 12.0. The van der Waals surface area contributed by atoms with Crippen LogP contribution >= 0.6 is 0 Å². The molecule has 2 aromatic carbocycles. The summed E-state index contributed by atoms with van der Waals surface area (Å²) in [5.74, 6) is 0.885. The zero-order valence-electron chi connectivity index (χ0n) is 9.85. The van der Waals surface area contributed by atoms with Gasteiger partial charge >= 0.3 is 0 Å². The summed E-state index contributed by atoms with van der Waals surface area (Å²) in [7, 11) is 0. The van der Waals surface area contributed by atoms with Crippen LogP contribution in [0.1, 0.15) is 23.4 Å². The van der Waals surface area contributed by atoms with Gasteiger partial charge < -0.3 is 4.42 Å². The number of fused-ring (bicyclic) bond motifs is 3. The van der Waals surface area contributed by atoms with E-state index in [1.807, 2.05) is 30.3 Å². The maximum Gasteiger partial charge on any atom is 0.201 e. The lowest BCUT2D eigenvalue weighted by Crippen LogP contribution is -1.98. The lowest BCUT2D eigenvalue weighted by Gasteiger charge is -1.97. The first-order valence-electron chi connectivity index (χ1n) is 6.28. The first kappa shape index (κ1) is 9.89. The Bertz CT molecular complexity index is 763. The first-order valence-corrected chi connectivity index (χ1v) is 6.28. The quantitative estimate of drug-likeness (QED) is 0.625. The number of Topliss-reactive ketones (excluding diaryl/α,β-unsaturated/α-hetero) is 1. The average molecular weight is 236 g/mol. The van der Waals surface area contributed by atoms with E-state index < -0.39 is 0 Å². The SMILES string of the molecule is O=C(c1cc2ccc3ccccc3c2o1)C1CC1. The highest BCUT2D eigenvalue weighted by atomic mass is 16.3. The van der Waals surface area contributed by atoms with Gasteiger partial charge in [0.2, 0.25) is 5.78 Å². The Morgan fingerprint density at radius 1 is 1.06 bits per heavy atom. The van der Waals surface area contributed by atoms with Crippen LogP contribution in [-0.4, -0.2) is 5.78 Å². The molecule has 0 radical (unpaired) electrons. The van der Waals surface area contributed by atoms with Crippen LogP contribution in [0.4, 0.5) is 0 Å². The molecule has 0 atom stereocenters. The third kappa shape index (κ3) is 1.39. The summed E-state index contributed by atoms with van der Waals surface area (Å²) < 4.78 is 5.79. The second-order valence-electron chi connectivity index (χ2n) is 4.95. The van der Waals surface area contributed by atoms with Gasteiger partial charge in [-0.2, -0.15) is 0 Å². The fraction of sp³-hybridized carbons (Fsp3) is 0.188. The Morgan fingerprint density at radius 3 is 2.67 bits per heavy atom. The van der Waals surface area contributed by atoms with E-state index in [2.05, 4.69) is 12.1 Å². The topological polar surface area (TPSA) is 30.2 Å². The van der Waals surface area contributed by atoms with E-state index in [4.69, 9.17) is 4.42 Å². The van der Waals surface area contributed by atoms with Crippen molar-refractivity contribution in [3.05, 3.63) is 48.2 Å². The third-order valence-electron chi connectivity index (χ3n) is 3.60. The monoisotopic (exact) mass is 236 g/mol. The van der Waals surface area contributed by atoms with Gasteiger partial charge in [-0.25, -0.2) is 0 Å².